The van der Waals surface area contributed by atoms with E-state index in [2.05, 4.69) is 19.2 Å². The molecule has 0 aromatic heterocycles. The van der Waals surface area contributed by atoms with Crippen molar-refractivity contribution in [2.75, 3.05) is 11.9 Å². The number of hydrogen-bond acceptors (Lipinski definition) is 3. The van der Waals surface area contributed by atoms with Crippen LogP contribution in [0.2, 0.25) is 5.02 Å². The van der Waals surface area contributed by atoms with Crippen LogP contribution in [0.5, 0.6) is 0 Å². The van der Waals surface area contributed by atoms with E-state index in [4.69, 9.17) is 22.1 Å². The topological polar surface area (TPSA) is 64.3 Å². The fourth-order valence-electron chi connectivity index (χ4n) is 1.82. The van der Waals surface area contributed by atoms with Gasteiger partial charge in [-0.3, -0.25) is 5.32 Å². The minimum atomic E-state index is -0.542. The zero-order chi connectivity index (χ0) is 16.3. The van der Waals surface area contributed by atoms with Gasteiger partial charge in [0.05, 0.1) is 0 Å². The summed E-state index contributed by atoms with van der Waals surface area (Å²) in [5, 5.41) is 3.33. The Morgan fingerprint density at radius 3 is 2.43 bits per heavy atom. The van der Waals surface area contributed by atoms with Crippen molar-refractivity contribution in [2.45, 2.75) is 46.6 Å². The summed E-state index contributed by atoms with van der Waals surface area (Å²) in [6.07, 6.45) is 0.253. The van der Waals surface area contributed by atoms with Crippen molar-refractivity contribution in [3.05, 3.63) is 28.8 Å². The van der Waals surface area contributed by atoms with Gasteiger partial charge in [0.25, 0.3) is 0 Å². The molecule has 1 amide bonds. The second-order valence-corrected chi connectivity index (χ2v) is 7.41. The number of benzene rings is 1. The van der Waals surface area contributed by atoms with E-state index in [0.717, 1.165) is 12.0 Å². The Kier molecular flexibility index (Phi) is 5.65. The molecule has 0 aliphatic heterocycles. The summed E-state index contributed by atoms with van der Waals surface area (Å²) in [5.74, 6) is 0. The molecule has 0 saturated carbocycles. The number of halogens is 1. The molecule has 0 fully saturated rings. The van der Waals surface area contributed by atoms with Crippen LogP contribution in [0.3, 0.4) is 0 Å². The molecule has 0 aliphatic carbocycles. The second kappa shape index (κ2) is 6.67. The molecule has 0 radical (unpaired) electrons. The highest BCUT2D eigenvalue weighted by atomic mass is 35.5. The van der Waals surface area contributed by atoms with E-state index in [1.165, 1.54) is 0 Å². The van der Waals surface area contributed by atoms with Crippen LogP contribution >= 0.6 is 11.6 Å². The standard InChI is InChI=1S/C16H25ClN2O2/c1-15(2,3)21-14(20)19-13-8-12(17)7-6-11(13)9-16(4,5)10-18/h6-8H,9-10,18H2,1-5H3,(H,19,20). The van der Waals surface area contributed by atoms with Gasteiger partial charge in [-0.05, 0) is 56.8 Å². The van der Waals surface area contributed by atoms with Crippen molar-refractivity contribution in [3.8, 4) is 0 Å². The van der Waals surface area contributed by atoms with E-state index in [9.17, 15) is 4.79 Å². The molecule has 0 unspecified atom stereocenters. The van der Waals surface area contributed by atoms with Gasteiger partial charge in [-0.15, -0.1) is 0 Å². The minimum absolute atomic E-state index is 0.0573. The number of rotatable bonds is 4. The third kappa shape index (κ3) is 6.36. The van der Waals surface area contributed by atoms with Crippen molar-refractivity contribution < 1.29 is 9.53 Å². The number of hydrogen-bond donors (Lipinski definition) is 2. The fourth-order valence-corrected chi connectivity index (χ4v) is 1.99. The van der Waals surface area contributed by atoms with Gasteiger partial charge >= 0.3 is 6.09 Å². The summed E-state index contributed by atoms with van der Waals surface area (Å²) in [6.45, 7) is 10.2. The van der Waals surface area contributed by atoms with Gasteiger partial charge in [0, 0.05) is 10.7 Å². The van der Waals surface area contributed by atoms with Crippen LogP contribution in [0.15, 0.2) is 18.2 Å². The maximum Gasteiger partial charge on any atom is 0.412 e. The molecule has 1 aromatic carbocycles. The number of nitrogens with two attached hydrogens (primary N) is 1. The Labute approximate surface area is 132 Å². The molecule has 0 heterocycles. The molecular formula is C16H25ClN2O2. The lowest BCUT2D eigenvalue weighted by Crippen LogP contribution is -2.29. The lowest BCUT2D eigenvalue weighted by atomic mass is 9.85. The molecule has 0 bridgehead atoms. The molecule has 1 rings (SSSR count). The van der Waals surface area contributed by atoms with Gasteiger partial charge < -0.3 is 10.5 Å². The summed E-state index contributed by atoms with van der Waals surface area (Å²) in [5.41, 5.74) is 6.83. The monoisotopic (exact) mass is 312 g/mol. The largest absolute Gasteiger partial charge is 0.444 e. The number of carbonyl (C=O) groups excluding carboxylic acids is 1. The van der Waals surface area contributed by atoms with Crippen molar-refractivity contribution in [2.24, 2.45) is 11.1 Å². The van der Waals surface area contributed by atoms with Crippen molar-refractivity contribution in [1.82, 2.24) is 0 Å². The van der Waals surface area contributed by atoms with Crippen molar-refractivity contribution >= 4 is 23.4 Å². The first kappa shape index (κ1) is 17.8. The molecule has 3 N–H and O–H groups in total. The highest BCUT2D eigenvalue weighted by Crippen LogP contribution is 2.28. The van der Waals surface area contributed by atoms with Gasteiger partial charge in [-0.1, -0.05) is 31.5 Å². The molecule has 0 spiro atoms. The van der Waals surface area contributed by atoms with E-state index in [1.807, 2.05) is 32.9 Å². The summed E-state index contributed by atoms with van der Waals surface area (Å²) < 4.78 is 5.28. The van der Waals surface area contributed by atoms with Crippen LogP contribution in [0.1, 0.15) is 40.2 Å². The van der Waals surface area contributed by atoms with Gasteiger partial charge in [0.2, 0.25) is 0 Å². The fraction of sp³-hybridized carbons (Fsp3) is 0.562. The molecule has 4 nitrogen and oxygen atoms in total. The molecular weight excluding hydrogens is 288 g/mol. The van der Waals surface area contributed by atoms with Gasteiger partial charge in [-0.25, -0.2) is 4.79 Å². The van der Waals surface area contributed by atoms with Crippen molar-refractivity contribution in [1.29, 1.82) is 0 Å². The van der Waals surface area contributed by atoms with Crippen LogP contribution in [0, 0.1) is 5.41 Å². The summed E-state index contributed by atoms with van der Waals surface area (Å²) in [7, 11) is 0. The quantitative estimate of drug-likeness (QED) is 0.875. The van der Waals surface area contributed by atoms with Crippen LogP contribution in [-0.2, 0) is 11.2 Å². The van der Waals surface area contributed by atoms with Crippen LogP contribution < -0.4 is 11.1 Å². The Bertz CT molecular complexity index is 507. The molecule has 5 heteroatoms. The average Bonchev–Trinajstić information content (AvgIpc) is 2.30. The van der Waals surface area contributed by atoms with E-state index in [1.54, 1.807) is 6.07 Å². The number of ether oxygens (including phenoxy) is 1. The summed E-state index contributed by atoms with van der Waals surface area (Å²) >= 11 is 6.02. The Hall–Kier alpha value is -1.26. The molecule has 21 heavy (non-hydrogen) atoms. The zero-order valence-corrected chi connectivity index (χ0v) is 14.2. The Morgan fingerprint density at radius 2 is 1.90 bits per heavy atom. The predicted molar refractivity (Wildman–Crippen MR) is 87.8 cm³/mol. The molecule has 1 aromatic rings. The maximum absolute atomic E-state index is 11.9. The van der Waals surface area contributed by atoms with Crippen molar-refractivity contribution in [3.63, 3.8) is 0 Å². The van der Waals surface area contributed by atoms with Crippen LogP contribution in [-0.4, -0.2) is 18.2 Å². The summed E-state index contributed by atoms with van der Waals surface area (Å²) in [6, 6.07) is 5.45. The zero-order valence-electron chi connectivity index (χ0n) is 13.4. The van der Waals surface area contributed by atoms with Crippen LogP contribution in [0.25, 0.3) is 0 Å². The van der Waals surface area contributed by atoms with E-state index < -0.39 is 11.7 Å². The first-order valence-electron chi connectivity index (χ1n) is 7.01. The lowest BCUT2D eigenvalue weighted by molar-refractivity contribution is 0.0635. The predicted octanol–water partition coefficient (Wildman–Crippen LogP) is 4.21. The van der Waals surface area contributed by atoms with Gasteiger partial charge in [0.1, 0.15) is 5.60 Å². The SMILES string of the molecule is CC(C)(CN)Cc1ccc(Cl)cc1NC(=O)OC(C)(C)C. The number of anilines is 1. The highest BCUT2D eigenvalue weighted by molar-refractivity contribution is 6.31. The third-order valence-corrected chi connectivity index (χ3v) is 3.16. The molecule has 0 atom stereocenters. The molecule has 0 saturated heterocycles. The second-order valence-electron chi connectivity index (χ2n) is 6.97. The first-order chi connectivity index (χ1) is 9.52. The van der Waals surface area contributed by atoms with E-state index in [0.29, 0.717) is 17.3 Å². The third-order valence-electron chi connectivity index (χ3n) is 2.93. The lowest BCUT2D eigenvalue weighted by Gasteiger charge is -2.25. The normalized spacial score (nSPS) is 12.1. The highest BCUT2D eigenvalue weighted by Gasteiger charge is 2.21. The van der Waals surface area contributed by atoms with Gasteiger partial charge in [-0.2, -0.15) is 0 Å². The number of carbonyl (C=O) groups is 1. The first-order valence-corrected chi connectivity index (χ1v) is 7.39. The summed E-state index contributed by atoms with van der Waals surface area (Å²) in [4.78, 5) is 11.9. The Balaban J connectivity index is 2.95. The van der Waals surface area contributed by atoms with E-state index in [-0.39, 0.29) is 5.41 Å². The Morgan fingerprint density at radius 1 is 1.29 bits per heavy atom. The maximum atomic E-state index is 11.9. The minimum Gasteiger partial charge on any atom is -0.444 e. The smallest absolute Gasteiger partial charge is 0.412 e. The molecule has 118 valence electrons. The van der Waals surface area contributed by atoms with E-state index >= 15 is 0 Å². The van der Waals surface area contributed by atoms with Crippen LogP contribution in [0.4, 0.5) is 10.5 Å². The number of amides is 1. The number of nitrogens with one attached hydrogen (secondary N) is 1. The molecule has 0 aliphatic rings. The average molecular weight is 313 g/mol. The van der Waals surface area contributed by atoms with Gasteiger partial charge in [0.15, 0.2) is 0 Å².